The average molecular weight is 337 g/mol. The number of rotatable bonds is 5. The van der Waals surface area contributed by atoms with Crippen LogP contribution in [0.25, 0.3) is 22.3 Å². The van der Waals surface area contributed by atoms with Crippen LogP contribution in [0.5, 0.6) is 0 Å². The first kappa shape index (κ1) is 17.5. The molecule has 0 fully saturated rings. The van der Waals surface area contributed by atoms with Gasteiger partial charge in [0.1, 0.15) is 24.4 Å². The molecule has 0 radical (unpaired) electrons. The molecular formula is C22H29N2O+. The molecule has 0 unspecified atom stereocenters. The molecule has 3 heteroatoms. The molecular weight excluding hydrogens is 308 g/mol. The molecule has 3 rings (SSSR count). The number of hydrogen-bond donors (Lipinski definition) is 0. The van der Waals surface area contributed by atoms with Crippen molar-refractivity contribution in [3.05, 3.63) is 47.3 Å². The van der Waals surface area contributed by atoms with Gasteiger partial charge < -0.3 is 9.32 Å². The number of fused-ring (bicyclic) bond motifs is 2. The summed E-state index contributed by atoms with van der Waals surface area (Å²) in [5, 5.41) is 2.42. The number of nitrogens with zero attached hydrogens (tertiary/aromatic N) is 2. The Morgan fingerprint density at radius 1 is 0.920 bits per heavy atom. The molecule has 0 atom stereocenters. The first-order chi connectivity index (χ1) is 12.1. The molecule has 1 aliphatic carbocycles. The molecule has 0 saturated carbocycles. The largest absolute Gasteiger partial charge is 0.456 e. The van der Waals surface area contributed by atoms with E-state index in [9.17, 15) is 0 Å². The summed E-state index contributed by atoms with van der Waals surface area (Å²) in [4.78, 5) is 2.35. The smallest absolute Gasteiger partial charge is 0.203 e. The molecule has 0 bridgehead atoms. The van der Waals surface area contributed by atoms with Crippen LogP contribution < -0.4 is 14.8 Å². The Hall–Kier alpha value is -2.29. The molecule has 0 aromatic heterocycles. The summed E-state index contributed by atoms with van der Waals surface area (Å²) in [6.45, 7) is 14.9. The zero-order chi connectivity index (χ0) is 18.0. The minimum atomic E-state index is 0.964. The van der Waals surface area contributed by atoms with Gasteiger partial charge in [-0.2, -0.15) is 0 Å². The molecule has 0 spiro atoms. The van der Waals surface area contributed by atoms with E-state index in [2.05, 4.69) is 80.5 Å². The van der Waals surface area contributed by atoms with Crippen molar-refractivity contribution in [2.24, 2.45) is 0 Å². The standard InChI is InChI=1S/C22H29N2O/c1-6-23(7-2)17-10-12-19-16(5)20-13-11-18(24(8-3)9-4)15-22(20)25-21(19)14-17/h10-15H,6-9H2,1-5H3/q+1. The first-order valence-corrected chi connectivity index (χ1v) is 9.42. The van der Waals surface area contributed by atoms with E-state index in [1.165, 1.54) is 27.6 Å². The molecule has 3 nitrogen and oxygen atoms in total. The second-order valence-electron chi connectivity index (χ2n) is 6.43. The van der Waals surface area contributed by atoms with E-state index in [-0.39, 0.29) is 0 Å². The Kier molecular flexibility index (Phi) is 5.12. The van der Waals surface area contributed by atoms with Gasteiger partial charge in [0.25, 0.3) is 0 Å². The number of benzene rings is 2. The van der Waals surface area contributed by atoms with Gasteiger partial charge >= 0.3 is 0 Å². The van der Waals surface area contributed by atoms with E-state index in [1.54, 1.807) is 0 Å². The van der Waals surface area contributed by atoms with Gasteiger partial charge in [-0.15, -0.1) is 0 Å². The number of anilines is 1. The van der Waals surface area contributed by atoms with Crippen LogP contribution in [0.2, 0.25) is 0 Å². The van der Waals surface area contributed by atoms with Crippen LogP contribution in [0.4, 0.5) is 5.69 Å². The van der Waals surface area contributed by atoms with E-state index >= 15 is 0 Å². The molecule has 0 N–H and O–H groups in total. The third-order valence-corrected chi connectivity index (χ3v) is 5.22. The summed E-state index contributed by atoms with van der Waals surface area (Å²) < 4.78 is 8.68. The predicted octanol–water partition coefficient (Wildman–Crippen LogP) is 4.50. The highest BCUT2D eigenvalue weighted by molar-refractivity contribution is 5.89. The van der Waals surface area contributed by atoms with E-state index in [0.717, 1.165) is 37.5 Å². The van der Waals surface area contributed by atoms with Gasteiger partial charge in [0, 0.05) is 41.9 Å². The Morgan fingerprint density at radius 3 is 2.28 bits per heavy atom. The summed E-state index contributed by atoms with van der Waals surface area (Å²) in [6.07, 6.45) is 0. The van der Waals surface area contributed by atoms with E-state index < -0.39 is 0 Å². The summed E-state index contributed by atoms with van der Waals surface area (Å²) in [5.41, 5.74) is 4.67. The minimum absolute atomic E-state index is 0.964. The Morgan fingerprint density at radius 2 is 1.64 bits per heavy atom. The Balaban J connectivity index is 2.27. The van der Waals surface area contributed by atoms with Crippen LogP contribution >= 0.6 is 0 Å². The van der Waals surface area contributed by atoms with Crippen LogP contribution in [0.15, 0.2) is 40.8 Å². The van der Waals surface area contributed by atoms with Gasteiger partial charge in [0.05, 0.1) is 6.07 Å². The highest BCUT2D eigenvalue weighted by atomic mass is 16.3. The first-order valence-electron chi connectivity index (χ1n) is 9.42. The lowest BCUT2D eigenvalue weighted by Gasteiger charge is -2.21. The fraction of sp³-hybridized carbons (Fsp3) is 0.409. The molecule has 1 heterocycles. The second kappa shape index (κ2) is 7.30. The van der Waals surface area contributed by atoms with Crippen LogP contribution in [-0.2, 0) is 0 Å². The average Bonchev–Trinajstić information content (AvgIpc) is 2.63. The van der Waals surface area contributed by atoms with Gasteiger partial charge in [0.15, 0.2) is 0 Å². The second-order valence-corrected chi connectivity index (χ2v) is 6.43. The quantitative estimate of drug-likeness (QED) is 0.504. The molecule has 2 aliphatic rings. The maximum absolute atomic E-state index is 6.33. The maximum Gasteiger partial charge on any atom is 0.203 e. The third-order valence-electron chi connectivity index (χ3n) is 5.22. The summed E-state index contributed by atoms with van der Waals surface area (Å²) >= 11 is 0. The zero-order valence-corrected chi connectivity index (χ0v) is 16.1. The van der Waals surface area contributed by atoms with Crippen molar-refractivity contribution in [1.82, 2.24) is 4.58 Å². The van der Waals surface area contributed by atoms with Crippen molar-refractivity contribution in [3.8, 4) is 11.3 Å². The maximum atomic E-state index is 6.33. The fourth-order valence-electron chi connectivity index (χ4n) is 3.64. The van der Waals surface area contributed by atoms with Gasteiger partial charge in [-0.3, -0.25) is 0 Å². The lowest BCUT2D eigenvalue weighted by molar-refractivity contribution is 0.603. The van der Waals surface area contributed by atoms with Crippen molar-refractivity contribution in [3.63, 3.8) is 0 Å². The van der Waals surface area contributed by atoms with Gasteiger partial charge in [0.2, 0.25) is 5.36 Å². The van der Waals surface area contributed by atoms with Crippen molar-refractivity contribution in [2.75, 3.05) is 31.1 Å². The number of aryl methyl sites for hydroxylation is 1. The molecule has 0 amide bonds. The molecule has 132 valence electrons. The van der Waals surface area contributed by atoms with Gasteiger partial charge in [-0.25, -0.2) is 4.58 Å². The SMILES string of the molecule is CCN(CC)c1ccc2c(C)c3ccc(=[N+](CC)CC)cc-3oc2c1. The van der Waals surface area contributed by atoms with Crippen molar-refractivity contribution in [2.45, 2.75) is 34.6 Å². The van der Waals surface area contributed by atoms with Crippen molar-refractivity contribution in [1.29, 1.82) is 0 Å². The highest BCUT2D eigenvalue weighted by Gasteiger charge is 2.15. The lowest BCUT2D eigenvalue weighted by Crippen LogP contribution is -2.29. The van der Waals surface area contributed by atoms with E-state index in [1.807, 2.05) is 0 Å². The zero-order valence-electron chi connectivity index (χ0n) is 16.1. The van der Waals surface area contributed by atoms with Crippen molar-refractivity contribution < 1.29 is 4.42 Å². The molecule has 1 aromatic carbocycles. The number of hydrogen-bond acceptors (Lipinski definition) is 2. The van der Waals surface area contributed by atoms with Gasteiger partial charge in [-0.1, -0.05) is 0 Å². The molecule has 1 aliphatic heterocycles. The van der Waals surface area contributed by atoms with Crippen LogP contribution in [0, 0.1) is 6.92 Å². The van der Waals surface area contributed by atoms with Crippen LogP contribution in [0.1, 0.15) is 33.3 Å². The summed E-state index contributed by atoms with van der Waals surface area (Å²) in [5.74, 6) is 0.964. The fourth-order valence-corrected chi connectivity index (χ4v) is 3.64. The van der Waals surface area contributed by atoms with Crippen LogP contribution in [0.3, 0.4) is 0 Å². The minimum Gasteiger partial charge on any atom is -0.456 e. The molecule has 0 saturated heterocycles. The third kappa shape index (κ3) is 3.15. The predicted molar refractivity (Wildman–Crippen MR) is 107 cm³/mol. The topological polar surface area (TPSA) is 19.4 Å². The van der Waals surface area contributed by atoms with E-state index in [0.29, 0.717) is 0 Å². The van der Waals surface area contributed by atoms with Crippen LogP contribution in [-0.4, -0.2) is 26.2 Å². The summed E-state index contributed by atoms with van der Waals surface area (Å²) in [6, 6.07) is 13.2. The van der Waals surface area contributed by atoms with E-state index in [4.69, 9.17) is 4.42 Å². The Bertz CT molecular complexity index is 913. The monoisotopic (exact) mass is 337 g/mol. The Labute approximate surface area is 150 Å². The lowest BCUT2D eigenvalue weighted by atomic mass is 10.0. The van der Waals surface area contributed by atoms with Gasteiger partial charge in [-0.05, 0) is 58.4 Å². The molecule has 1 aromatic rings. The highest BCUT2D eigenvalue weighted by Crippen LogP contribution is 2.33. The van der Waals surface area contributed by atoms with Crippen molar-refractivity contribution >= 4 is 16.7 Å². The summed E-state index contributed by atoms with van der Waals surface area (Å²) in [7, 11) is 0. The molecule has 25 heavy (non-hydrogen) atoms. The normalized spacial score (nSPS) is 11.2.